The van der Waals surface area contributed by atoms with E-state index in [1.807, 2.05) is 24.3 Å². The fraction of sp³-hybridized carbons (Fsp3) is 0.167. The summed E-state index contributed by atoms with van der Waals surface area (Å²) in [4.78, 5) is 11.3. The highest BCUT2D eigenvalue weighted by Gasteiger charge is 2.34. The van der Waals surface area contributed by atoms with Crippen molar-refractivity contribution >= 4 is 86.3 Å². The van der Waals surface area contributed by atoms with Crippen molar-refractivity contribution in [1.82, 2.24) is 10.6 Å². The van der Waals surface area contributed by atoms with Gasteiger partial charge < -0.3 is 16.0 Å². The van der Waals surface area contributed by atoms with Crippen molar-refractivity contribution in [3.8, 4) is 0 Å². The number of halogens is 4. The van der Waals surface area contributed by atoms with Gasteiger partial charge in [-0.05, 0) is 65.2 Å². The molecule has 3 N–H and O–H groups in total. The van der Waals surface area contributed by atoms with Crippen LogP contribution in [-0.4, -0.2) is 21.0 Å². The molecule has 0 aliphatic heterocycles. The van der Waals surface area contributed by atoms with E-state index in [1.54, 1.807) is 0 Å². The first-order chi connectivity index (χ1) is 9.72. The maximum Gasteiger partial charge on any atom is 0.245 e. The van der Waals surface area contributed by atoms with Crippen LogP contribution in [0.15, 0.2) is 36.9 Å². The normalized spacial score (nSPS) is 12.2. The number of nitrogens with one attached hydrogen (secondary N) is 3. The third-order valence-electron chi connectivity index (χ3n) is 2.18. The van der Waals surface area contributed by atoms with Gasteiger partial charge in [0.15, 0.2) is 5.11 Å². The number of alkyl halides is 3. The van der Waals surface area contributed by atoms with Crippen LogP contribution in [0.4, 0.5) is 5.69 Å². The lowest BCUT2D eigenvalue weighted by atomic mass is 10.3. The summed E-state index contributed by atoms with van der Waals surface area (Å²) in [6.07, 6.45) is 0.0672. The summed E-state index contributed by atoms with van der Waals surface area (Å²) in [7, 11) is 0. The summed E-state index contributed by atoms with van der Waals surface area (Å²) in [5.74, 6) is -0.490. The summed E-state index contributed by atoms with van der Waals surface area (Å²) in [6, 6.07) is 7.53. The van der Waals surface area contributed by atoms with Gasteiger partial charge >= 0.3 is 0 Å². The Balaban J connectivity index is 2.69. The number of benzene rings is 1. The first-order valence-electron chi connectivity index (χ1n) is 5.55. The number of hydrogen-bond acceptors (Lipinski definition) is 2. The zero-order valence-corrected chi connectivity index (χ0v) is 15.7. The Hall–Kier alpha value is -0.280. The van der Waals surface area contributed by atoms with Crippen molar-refractivity contribution in [1.29, 1.82) is 0 Å². The van der Waals surface area contributed by atoms with E-state index < -0.39 is 15.9 Å². The third kappa shape index (κ3) is 7.01. The molecule has 1 rings (SSSR count). The molecule has 0 saturated heterocycles. The first-order valence-corrected chi connectivity index (χ1v) is 8.17. The van der Waals surface area contributed by atoms with Gasteiger partial charge in [-0.15, -0.1) is 0 Å². The van der Waals surface area contributed by atoms with Gasteiger partial charge in [-0.25, -0.2) is 0 Å². The van der Waals surface area contributed by atoms with Crippen LogP contribution >= 0.6 is 69.6 Å². The number of anilines is 1. The van der Waals surface area contributed by atoms with Crippen molar-refractivity contribution in [2.24, 2.45) is 0 Å². The highest BCUT2D eigenvalue weighted by molar-refractivity contribution is 14.1. The molecule has 4 nitrogen and oxygen atoms in total. The molecule has 0 spiro atoms. The minimum Gasteiger partial charge on any atom is -0.339 e. The lowest BCUT2D eigenvalue weighted by Gasteiger charge is -2.27. The van der Waals surface area contributed by atoms with Crippen molar-refractivity contribution < 1.29 is 4.79 Å². The molecule has 0 aromatic heterocycles. The van der Waals surface area contributed by atoms with Crippen LogP contribution in [0.1, 0.15) is 0 Å². The number of rotatable bonds is 4. The average Bonchev–Trinajstić information content (AvgIpc) is 2.39. The summed E-state index contributed by atoms with van der Waals surface area (Å²) >= 11 is 24.7. The van der Waals surface area contributed by atoms with E-state index in [-0.39, 0.29) is 5.11 Å². The molecule has 0 aliphatic rings. The molecule has 1 atom stereocenters. The molecule has 114 valence electrons. The van der Waals surface area contributed by atoms with Crippen LogP contribution in [0, 0.1) is 3.57 Å². The van der Waals surface area contributed by atoms with Gasteiger partial charge in [0.25, 0.3) is 0 Å². The number of amides is 1. The van der Waals surface area contributed by atoms with Crippen LogP contribution in [0.2, 0.25) is 0 Å². The van der Waals surface area contributed by atoms with Crippen LogP contribution in [-0.2, 0) is 4.79 Å². The van der Waals surface area contributed by atoms with E-state index in [2.05, 4.69) is 45.1 Å². The SMILES string of the molecule is C=CC(=O)NC(NC(=S)Nc1ccc(I)cc1)C(Cl)(Cl)Cl. The van der Waals surface area contributed by atoms with Gasteiger partial charge in [0.05, 0.1) is 0 Å². The van der Waals surface area contributed by atoms with Crippen molar-refractivity contribution in [2.75, 3.05) is 5.32 Å². The highest BCUT2D eigenvalue weighted by atomic mass is 127. The number of hydrogen-bond donors (Lipinski definition) is 3. The largest absolute Gasteiger partial charge is 0.339 e. The van der Waals surface area contributed by atoms with E-state index in [0.29, 0.717) is 0 Å². The fourth-order valence-electron chi connectivity index (χ4n) is 1.23. The second-order valence-corrected chi connectivity index (χ2v) is 7.82. The van der Waals surface area contributed by atoms with Crippen LogP contribution in [0.3, 0.4) is 0 Å². The molecule has 0 bridgehead atoms. The minimum absolute atomic E-state index is 0.205. The van der Waals surface area contributed by atoms with Crippen LogP contribution in [0.5, 0.6) is 0 Å². The Kier molecular flexibility index (Phi) is 7.49. The van der Waals surface area contributed by atoms with Gasteiger partial charge in [-0.1, -0.05) is 41.4 Å². The molecule has 9 heteroatoms. The standard InChI is InChI=1S/C12H11Cl3IN3OS/c1-2-9(20)18-10(12(13,14)15)19-11(21)17-8-5-3-7(16)4-6-8/h2-6,10H,1H2,(H,18,20)(H2,17,19,21). The number of carbonyl (C=O) groups is 1. The Morgan fingerprint density at radius 2 is 1.86 bits per heavy atom. The van der Waals surface area contributed by atoms with Gasteiger partial charge in [0.1, 0.15) is 6.17 Å². The number of thiocarbonyl (C=S) groups is 1. The Morgan fingerprint density at radius 1 is 1.29 bits per heavy atom. The lowest BCUT2D eigenvalue weighted by Crippen LogP contribution is -2.55. The van der Waals surface area contributed by atoms with E-state index in [0.717, 1.165) is 15.3 Å². The topological polar surface area (TPSA) is 53.2 Å². The molecule has 1 aromatic rings. The summed E-state index contributed by atoms with van der Waals surface area (Å²) in [6.45, 7) is 3.33. The Morgan fingerprint density at radius 3 is 2.33 bits per heavy atom. The average molecular weight is 479 g/mol. The molecule has 1 aromatic carbocycles. The molecule has 0 aliphatic carbocycles. The molecule has 0 heterocycles. The van der Waals surface area contributed by atoms with E-state index >= 15 is 0 Å². The second kappa shape index (κ2) is 8.38. The predicted octanol–water partition coefficient (Wildman–Crippen LogP) is 3.58. The maximum atomic E-state index is 11.3. The van der Waals surface area contributed by atoms with E-state index in [4.69, 9.17) is 47.0 Å². The summed E-state index contributed by atoms with van der Waals surface area (Å²) < 4.78 is -0.689. The quantitative estimate of drug-likeness (QED) is 0.204. The van der Waals surface area contributed by atoms with Gasteiger partial charge in [0.2, 0.25) is 9.70 Å². The Labute approximate surface area is 156 Å². The highest BCUT2D eigenvalue weighted by Crippen LogP contribution is 2.29. The molecule has 1 unspecified atom stereocenters. The zero-order chi connectivity index (χ0) is 16.0. The fourth-order valence-corrected chi connectivity index (χ4v) is 2.16. The molecule has 0 saturated carbocycles. The first kappa shape index (κ1) is 18.8. The molecular weight excluding hydrogens is 467 g/mol. The Bertz CT molecular complexity index is 534. The summed E-state index contributed by atoms with van der Waals surface area (Å²) in [5.41, 5.74) is 0.769. The molecule has 0 fully saturated rings. The van der Waals surface area contributed by atoms with Gasteiger partial charge in [0, 0.05) is 9.26 Å². The molecule has 21 heavy (non-hydrogen) atoms. The van der Waals surface area contributed by atoms with Crippen LogP contribution in [0.25, 0.3) is 0 Å². The monoisotopic (exact) mass is 477 g/mol. The summed E-state index contributed by atoms with van der Waals surface area (Å²) in [5, 5.41) is 8.30. The van der Waals surface area contributed by atoms with Crippen molar-refractivity contribution in [3.05, 3.63) is 40.5 Å². The number of carbonyl (C=O) groups excluding carboxylic acids is 1. The van der Waals surface area contributed by atoms with E-state index in [1.165, 1.54) is 0 Å². The second-order valence-electron chi connectivity index (χ2n) is 3.79. The maximum absolute atomic E-state index is 11.3. The lowest BCUT2D eigenvalue weighted by molar-refractivity contribution is -0.117. The molecule has 1 amide bonds. The van der Waals surface area contributed by atoms with Gasteiger partial charge in [-0.3, -0.25) is 4.79 Å². The molecule has 0 radical (unpaired) electrons. The molecular formula is C12H11Cl3IN3OS. The van der Waals surface area contributed by atoms with Crippen LogP contribution < -0.4 is 16.0 Å². The minimum atomic E-state index is -1.78. The van der Waals surface area contributed by atoms with E-state index in [9.17, 15) is 4.79 Å². The third-order valence-corrected chi connectivity index (χ3v) is 3.77. The smallest absolute Gasteiger partial charge is 0.245 e. The zero-order valence-electron chi connectivity index (χ0n) is 10.5. The predicted molar refractivity (Wildman–Crippen MR) is 101 cm³/mol. The van der Waals surface area contributed by atoms with Gasteiger partial charge in [-0.2, -0.15) is 0 Å². The van der Waals surface area contributed by atoms with Crippen molar-refractivity contribution in [3.63, 3.8) is 0 Å². The van der Waals surface area contributed by atoms with Crippen molar-refractivity contribution in [2.45, 2.75) is 9.96 Å².